The first-order valence-electron chi connectivity index (χ1n) is 5.19. The largest absolute Gasteiger partial charge is 0.417 e. The second-order valence-corrected chi connectivity index (χ2v) is 3.77. The molecule has 0 aliphatic rings. The van der Waals surface area contributed by atoms with Crippen LogP contribution in [0.25, 0.3) is 11.1 Å². The van der Waals surface area contributed by atoms with Crippen LogP contribution in [0.5, 0.6) is 0 Å². The lowest BCUT2D eigenvalue weighted by Crippen LogP contribution is -2.40. The van der Waals surface area contributed by atoms with Gasteiger partial charge in [-0.15, -0.1) is 0 Å². The van der Waals surface area contributed by atoms with Crippen molar-refractivity contribution in [1.82, 2.24) is 10.3 Å². The van der Waals surface area contributed by atoms with Crippen molar-refractivity contribution in [3.05, 3.63) is 34.3 Å². The highest BCUT2D eigenvalue weighted by molar-refractivity contribution is 5.81. The van der Waals surface area contributed by atoms with E-state index in [1.807, 2.05) is 0 Å². The second kappa shape index (κ2) is 4.42. The third-order valence-corrected chi connectivity index (χ3v) is 2.52. The Bertz CT molecular complexity index is 599. The molecule has 0 radical (unpaired) electrons. The molecule has 0 aliphatic heterocycles. The molecule has 2 rings (SSSR count). The first-order chi connectivity index (χ1) is 8.10. The van der Waals surface area contributed by atoms with E-state index in [-0.39, 0.29) is 5.91 Å². The molecule has 0 aliphatic carbocycles. The molecule has 1 atom stereocenters. The van der Waals surface area contributed by atoms with Gasteiger partial charge >= 0.3 is 5.76 Å². The van der Waals surface area contributed by atoms with E-state index >= 15 is 0 Å². The molecule has 17 heavy (non-hydrogen) atoms. The Hall–Kier alpha value is -2.08. The molecule has 0 bridgehead atoms. The Morgan fingerprint density at radius 3 is 3.06 bits per heavy atom. The van der Waals surface area contributed by atoms with Crippen molar-refractivity contribution in [2.75, 3.05) is 7.05 Å². The Kier molecular flexibility index (Phi) is 2.97. The van der Waals surface area contributed by atoms with Crippen molar-refractivity contribution in [1.29, 1.82) is 0 Å². The predicted octanol–water partition coefficient (Wildman–Crippen LogP) is -0.263. The van der Waals surface area contributed by atoms with Gasteiger partial charge in [-0.3, -0.25) is 9.78 Å². The van der Waals surface area contributed by atoms with E-state index in [2.05, 4.69) is 10.3 Å². The third kappa shape index (κ3) is 2.36. The van der Waals surface area contributed by atoms with Gasteiger partial charge in [0, 0.05) is 7.05 Å². The summed E-state index contributed by atoms with van der Waals surface area (Å²) >= 11 is 0. The number of benzene rings is 1. The molecular formula is C11H13N3O3. The smallest absolute Gasteiger partial charge is 0.408 e. The van der Waals surface area contributed by atoms with Gasteiger partial charge in [0.15, 0.2) is 5.58 Å². The minimum Gasteiger partial charge on any atom is -0.408 e. The van der Waals surface area contributed by atoms with Crippen LogP contribution in [0, 0.1) is 0 Å². The van der Waals surface area contributed by atoms with Crippen LogP contribution >= 0.6 is 0 Å². The zero-order valence-corrected chi connectivity index (χ0v) is 9.32. The Morgan fingerprint density at radius 2 is 2.35 bits per heavy atom. The molecule has 0 fully saturated rings. The summed E-state index contributed by atoms with van der Waals surface area (Å²) in [6.45, 7) is 0. The first kappa shape index (κ1) is 11.4. The molecule has 6 nitrogen and oxygen atoms in total. The number of rotatable bonds is 3. The molecular weight excluding hydrogens is 222 g/mol. The van der Waals surface area contributed by atoms with Crippen LogP contribution < -0.4 is 16.8 Å². The summed E-state index contributed by atoms with van der Waals surface area (Å²) in [5.41, 5.74) is 7.67. The van der Waals surface area contributed by atoms with Crippen LogP contribution in [0.4, 0.5) is 0 Å². The average molecular weight is 235 g/mol. The number of carbonyl (C=O) groups is 1. The van der Waals surface area contributed by atoms with Crippen molar-refractivity contribution in [2.45, 2.75) is 12.5 Å². The van der Waals surface area contributed by atoms with E-state index < -0.39 is 11.8 Å². The lowest BCUT2D eigenvalue weighted by atomic mass is 10.1. The summed E-state index contributed by atoms with van der Waals surface area (Å²) in [6, 6.07) is 4.61. The Morgan fingerprint density at radius 1 is 1.59 bits per heavy atom. The molecule has 1 aromatic heterocycles. The number of H-pyrrole nitrogens is 1. The van der Waals surface area contributed by atoms with Gasteiger partial charge in [-0.05, 0) is 24.1 Å². The van der Waals surface area contributed by atoms with E-state index in [0.29, 0.717) is 17.5 Å². The minimum absolute atomic E-state index is 0.217. The quantitative estimate of drug-likeness (QED) is 0.682. The summed E-state index contributed by atoms with van der Waals surface area (Å²) in [5.74, 6) is -0.710. The van der Waals surface area contributed by atoms with E-state index in [1.165, 1.54) is 0 Å². The first-order valence-corrected chi connectivity index (χ1v) is 5.19. The molecule has 1 heterocycles. The fourth-order valence-corrected chi connectivity index (χ4v) is 1.66. The van der Waals surface area contributed by atoms with Crippen molar-refractivity contribution >= 4 is 17.0 Å². The lowest BCUT2D eigenvalue weighted by Gasteiger charge is -2.09. The number of nitrogens with two attached hydrogens (primary N) is 1. The van der Waals surface area contributed by atoms with E-state index in [4.69, 9.17) is 10.2 Å². The number of oxazole rings is 1. The molecule has 0 saturated heterocycles. The molecule has 2 aromatic rings. The molecule has 4 N–H and O–H groups in total. The number of hydrogen-bond donors (Lipinski definition) is 3. The van der Waals surface area contributed by atoms with Gasteiger partial charge < -0.3 is 15.5 Å². The summed E-state index contributed by atoms with van der Waals surface area (Å²) in [7, 11) is 1.54. The Labute approximate surface area is 96.8 Å². The standard InChI is InChI=1S/C11H13N3O3/c1-13-10(15)7(12)4-6-2-3-9-8(5-6)14-11(16)17-9/h2-3,5,7H,4,12H2,1H3,(H,13,15)(H,14,16). The predicted molar refractivity (Wildman–Crippen MR) is 62.6 cm³/mol. The molecule has 1 unspecified atom stereocenters. The maximum absolute atomic E-state index is 11.3. The molecule has 1 aromatic carbocycles. The van der Waals surface area contributed by atoms with Crippen LogP contribution in [0.15, 0.2) is 27.4 Å². The van der Waals surface area contributed by atoms with Gasteiger partial charge in [0.25, 0.3) is 0 Å². The maximum atomic E-state index is 11.3. The zero-order chi connectivity index (χ0) is 12.4. The monoisotopic (exact) mass is 235 g/mol. The van der Waals surface area contributed by atoms with Gasteiger partial charge in [-0.2, -0.15) is 0 Å². The number of aromatic amines is 1. The van der Waals surface area contributed by atoms with Crippen molar-refractivity contribution < 1.29 is 9.21 Å². The normalized spacial score (nSPS) is 12.6. The molecule has 1 amide bonds. The number of hydrogen-bond acceptors (Lipinski definition) is 4. The number of amides is 1. The lowest BCUT2D eigenvalue weighted by molar-refractivity contribution is -0.121. The zero-order valence-electron chi connectivity index (χ0n) is 9.32. The van der Waals surface area contributed by atoms with Gasteiger partial charge in [-0.25, -0.2) is 4.79 Å². The number of fused-ring (bicyclic) bond motifs is 1. The van der Waals surface area contributed by atoms with E-state index in [1.54, 1.807) is 25.2 Å². The highest BCUT2D eigenvalue weighted by atomic mass is 16.4. The van der Waals surface area contributed by atoms with Gasteiger partial charge in [0.2, 0.25) is 5.91 Å². The minimum atomic E-state index is -0.601. The van der Waals surface area contributed by atoms with Crippen LogP contribution in [-0.4, -0.2) is 24.0 Å². The SMILES string of the molecule is CNC(=O)C(N)Cc1ccc2oc(=O)[nH]c2c1. The van der Waals surface area contributed by atoms with Crippen LogP contribution in [-0.2, 0) is 11.2 Å². The van der Waals surface area contributed by atoms with E-state index in [0.717, 1.165) is 5.56 Å². The average Bonchev–Trinajstić information content (AvgIpc) is 2.67. The van der Waals surface area contributed by atoms with Crippen molar-refractivity contribution in [2.24, 2.45) is 5.73 Å². The van der Waals surface area contributed by atoms with Crippen LogP contribution in [0.1, 0.15) is 5.56 Å². The van der Waals surface area contributed by atoms with Gasteiger partial charge in [0.05, 0.1) is 11.6 Å². The maximum Gasteiger partial charge on any atom is 0.417 e. The summed E-state index contributed by atoms with van der Waals surface area (Å²) in [6.07, 6.45) is 0.406. The Balaban J connectivity index is 2.24. The fraction of sp³-hybridized carbons (Fsp3) is 0.273. The number of nitrogens with one attached hydrogen (secondary N) is 2. The molecule has 6 heteroatoms. The van der Waals surface area contributed by atoms with Gasteiger partial charge in [-0.1, -0.05) is 6.07 Å². The van der Waals surface area contributed by atoms with Crippen LogP contribution in [0.2, 0.25) is 0 Å². The van der Waals surface area contributed by atoms with E-state index in [9.17, 15) is 9.59 Å². The highest BCUT2D eigenvalue weighted by Crippen LogP contribution is 2.13. The molecule has 0 spiro atoms. The van der Waals surface area contributed by atoms with Crippen LogP contribution in [0.3, 0.4) is 0 Å². The van der Waals surface area contributed by atoms with Gasteiger partial charge in [0.1, 0.15) is 0 Å². The number of likely N-dealkylation sites (N-methyl/N-ethyl adjacent to an activating group) is 1. The number of aromatic nitrogens is 1. The van der Waals surface area contributed by atoms with Crippen molar-refractivity contribution in [3.8, 4) is 0 Å². The molecule has 0 saturated carbocycles. The second-order valence-electron chi connectivity index (χ2n) is 3.77. The number of carbonyl (C=O) groups excluding carboxylic acids is 1. The highest BCUT2D eigenvalue weighted by Gasteiger charge is 2.12. The van der Waals surface area contributed by atoms with Crippen molar-refractivity contribution in [3.63, 3.8) is 0 Å². The summed E-state index contributed by atoms with van der Waals surface area (Å²) in [4.78, 5) is 24.8. The topological polar surface area (TPSA) is 101 Å². The summed E-state index contributed by atoms with van der Waals surface area (Å²) in [5, 5.41) is 2.49. The molecule has 90 valence electrons. The third-order valence-electron chi connectivity index (χ3n) is 2.52. The fourth-order valence-electron chi connectivity index (χ4n) is 1.66. The summed E-state index contributed by atoms with van der Waals surface area (Å²) < 4.78 is 4.87.